The molecule has 168 valence electrons. The molecular weight excluding hydrogens is 416 g/mol. The molecule has 0 heterocycles. The van der Waals surface area contributed by atoms with Crippen LogP contribution in [0.3, 0.4) is 0 Å². The Morgan fingerprint density at radius 2 is 0.882 bits per heavy atom. The number of hydrogen-bond donors (Lipinski definition) is 1. The van der Waals surface area contributed by atoms with Crippen LogP contribution in [0.1, 0.15) is 33.4 Å². The number of rotatable bonds is 9. The Morgan fingerprint density at radius 3 is 1.29 bits per heavy atom. The first-order chi connectivity index (χ1) is 16.8. The van der Waals surface area contributed by atoms with Crippen molar-refractivity contribution in [1.29, 1.82) is 0 Å². The lowest BCUT2D eigenvalue weighted by molar-refractivity contribution is 0.201. The average Bonchev–Trinajstić information content (AvgIpc) is 2.90. The second-order valence-corrected chi connectivity index (χ2v) is 7.83. The number of ether oxygens (including phenoxy) is 1. The van der Waals surface area contributed by atoms with Gasteiger partial charge in [-0.15, -0.1) is 0 Å². The van der Waals surface area contributed by atoms with Gasteiger partial charge < -0.3 is 9.84 Å². The smallest absolute Gasteiger partial charge is 0.133 e. The number of aliphatic hydroxyl groups excluding tert-OH is 1. The van der Waals surface area contributed by atoms with E-state index in [2.05, 4.69) is 85.0 Å². The standard InChI is InChI=1S/C32H28O2/c33-22-23-34-32-30(20-18-27-12-6-2-7-13-27)24-29(17-16-26-10-4-1-5-11-26)25-31(32)21-19-28-14-8-3-9-15-28/h1-21,24-25,33H,22-23H2/b17-16+,20-18+,21-19+. The van der Waals surface area contributed by atoms with Crippen LogP contribution >= 0.6 is 0 Å². The highest BCUT2D eigenvalue weighted by atomic mass is 16.5. The Kier molecular flexibility index (Phi) is 8.26. The SMILES string of the molecule is OCCOc1c(/C=C/c2ccccc2)cc(/C=C/c2ccccc2)cc1/C=C/c1ccccc1. The number of benzene rings is 4. The van der Waals surface area contributed by atoms with Crippen molar-refractivity contribution in [2.75, 3.05) is 13.2 Å². The third-order valence-corrected chi connectivity index (χ3v) is 5.28. The van der Waals surface area contributed by atoms with Crippen LogP contribution in [0.25, 0.3) is 36.5 Å². The summed E-state index contributed by atoms with van der Waals surface area (Å²) in [5.74, 6) is 0.755. The molecule has 0 aliphatic carbocycles. The Hall–Kier alpha value is -4.14. The van der Waals surface area contributed by atoms with E-state index >= 15 is 0 Å². The maximum atomic E-state index is 9.42. The molecule has 34 heavy (non-hydrogen) atoms. The van der Waals surface area contributed by atoms with Gasteiger partial charge in [0.15, 0.2) is 0 Å². The van der Waals surface area contributed by atoms with E-state index in [0.29, 0.717) is 0 Å². The number of aliphatic hydroxyl groups is 1. The largest absolute Gasteiger partial charge is 0.490 e. The molecule has 4 aromatic rings. The first-order valence-corrected chi connectivity index (χ1v) is 11.4. The highest BCUT2D eigenvalue weighted by Crippen LogP contribution is 2.31. The molecule has 0 aliphatic heterocycles. The first kappa shape index (κ1) is 23.0. The summed E-state index contributed by atoms with van der Waals surface area (Å²) in [6, 6.07) is 34.9. The Balaban J connectivity index is 1.77. The van der Waals surface area contributed by atoms with Gasteiger partial charge in [0.05, 0.1) is 6.61 Å². The van der Waals surface area contributed by atoms with Gasteiger partial charge in [-0.3, -0.25) is 0 Å². The van der Waals surface area contributed by atoms with Gasteiger partial charge in [-0.25, -0.2) is 0 Å². The van der Waals surface area contributed by atoms with Gasteiger partial charge in [0.25, 0.3) is 0 Å². The lowest BCUT2D eigenvalue weighted by Gasteiger charge is -2.14. The summed E-state index contributed by atoms with van der Waals surface area (Å²) in [6.07, 6.45) is 12.5. The summed E-state index contributed by atoms with van der Waals surface area (Å²) in [4.78, 5) is 0. The third kappa shape index (κ3) is 6.68. The number of hydrogen-bond acceptors (Lipinski definition) is 2. The zero-order valence-electron chi connectivity index (χ0n) is 19.0. The zero-order valence-corrected chi connectivity index (χ0v) is 19.0. The quantitative estimate of drug-likeness (QED) is 0.270. The molecule has 4 aromatic carbocycles. The molecule has 0 amide bonds. The van der Waals surface area contributed by atoms with Crippen LogP contribution < -0.4 is 4.74 Å². The van der Waals surface area contributed by atoms with Crippen LogP contribution in [0.2, 0.25) is 0 Å². The highest BCUT2D eigenvalue weighted by molar-refractivity contribution is 5.83. The van der Waals surface area contributed by atoms with Crippen molar-refractivity contribution in [3.63, 3.8) is 0 Å². The normalized spacial score (nSPS) is 11.6. The van der Waals surface area contributed by atoms with Crippen molar-refractivity contribution in [2.45, 2.75) is 0 Å². The molecule has 2 heteroatoms. The minimum Gasteiger partial charge on any atom is -0.490 e. The second kappa shape index (κ2) is 12.2. The van der Waals surface area contributed by atoms with Crippen LogP contribution in [-0.2, 0) is 0 Å². The fraction of sp³-hybridized carbons (Fsp3) is 0.0625. The molecule has 0 fully saturated rings. The van der Waals surface area contributed by atoms with E-state index in [1.54, 1.807) is 0 Å². The van der Waals surface area contributed by atoms with E-state index in [1.165, 1.54) is 0 Å². The average molecular weight is 445 g/mol. The van der Waals surface area contributed by atoms with Gasteiger partial charge in [0.2, 0.25) is 0 Å². The molecule has 4 rings (SSSR count). The van der Waals surface area contributed by atoms with Crippen LogP contribution in [0.5, 0.6) is 5.75 Å². The minimum atomic E-state index is -0.0423. The van der Waals surface area contributed by atoms with E-state index in [1.807, 2.05) is 54.6 Å². The van der Waals surface area contributed by atoms with Gasteiger partial charge in [0, 0.05) is 11.1 Å². The molecule has 0 radical (unpaired) electrons. The fourth-order valence-electron chi connectivity index (χ4n) is 3.61. The van der Waals surface area contributed by atoms with Crippen molar-refractivity contribution in [3.05, 3.63) is 137 Å². The van der Waals surface area contributed by atoms with Crippen molar-refractivity contribution in [2.24, 2.45) is 0 Å². The van der Waals surface area contributed by atoms with Gasteiger partial charge in [0.1, 0.15) is 12.4 Å². The maximum Gasteiger partial charge on any atom is 0.133 e. The minimum absolute atomic E-state index is 0.0423. The van der Waals surface area contributed by atoms with Crippen LogP contribution in [-0.4, -0.2) is 18.3 Å². The summed E-state index contributed by atoms with van der Waals surface area (Å²) in [5, 5.41) is 9.42. The molecule has 0 saturated heterocycles. The van der Waals surface area contributed by atoms with E-state index in [0.717, 1.165) is 39.1 Å². The summed E-state index contributed by atoms with van der Waals surface area (Å²) in [5.41, 5.74) is 6.36. The van der Waals surface area contributed by atoms with E-state index < -0.39 is 0 Å². The Morgan fingerprint density at radius 1 is 0.500 bits per heavy atom. The van der Waals surface area contributed by atoms with Crippen molar-refractivity contribution in [1.82, 2.24) is 0 Å². The van der Waals surface area contributed by atoms with Crippen LogP contribution in [0.4, 0.5) is 0 Å². The molecule has 0 spiro atoms. The maximum absolute atomic E-state index is 9.42. The van der Waals surface area contributed by atoms with Gasteiger partial charge in [-0.2, -0.15) is 0 Å². The molecule has 0 atom stereocenters. The monoisotopic (exact) mass is 444 g/mol. The lowest BCUT2D eigenvalue weighted by atomic mass is 10.0. The topological polar surface area (TPSA) is 29.5 Å². The summed E-state index contributed by atoms with van der Waals surface area (Å²) in [6.45, 7) is 0.191. The summed E-state index contributed by atoms with van der Waals surface area (Å²) >= 11 is 0. The van der Waals surface area contributed by atoms with Gasteiger partial charge >= 0.3 is 0 Å². The zero-order chi connectivity index (χ0) is 23.4. The highest BCUT2D eigenvalue weighted by Gasteiger charge is 2.09. The molecule has 0 aliphatic rings. The molecule has 2 nitrogen and oxygen atoms in total. The Labute approximate surface area is 201 Å². The lowest BCUT2D eigenvalue weighted by Crippen LogP contribution is -2.04. The predicted octanol–water partition coefficient (Wildman–Crippen LogP) is 7.57. The predicted molar refractivity (Wildman–Crippen MR) is 145 cm³/mol. The molecule has 0 bridgehead atoms. The third-order valence-electron chi connectivity index (χ3n) is 5.28. The van der Waals surface area contributed by atoms with Crippen LogP contribution in [0.15, 0.2) is 103 Å². The van der Waals surface area contributed by atoms with E-state index in [4.69, 9.17) is 4.74 Å². The second-order valence-electron chi connectivity index (χ2n) is 7.83. The summed E-state index contributed by atoms with van der Waals surface area (Å²) in [7, 11) is 0. The molecule has 0 saturated carbocycles. The molecule has 1 N–H and O–H groups in total. The van der Waals surface area contributed by atoms with Gasteiger partial charge in [-0.1, -0.05) is 127 Å². The fourth-order valence-corrected chi connectivity index (χ4v) is 3.61. The first-order valence-electron chi connectivity index (χ1n) is 11.4. The molecular formula is C32H28O2. The van der Waals surface area contributed by atoms with Crippen molar-refractivity contribution in [3.8, 4) is 5.75 Å². The van der Waals surface area contributed by atoms with Crippen LogP contribution in [0, 0.1) is 0 Å². The van der Waals surface area contributed by atoms with E-state index in [-0.39, 0.29) is 13.2 Å². The van der Waals surface area contributed by atoms with Crippen molar-refractivity contribution >= 4 is 36.5 Å². The Bertz CT molecular complexity index is 1180. The summed E-state index contributed by atoms with van der Waals surface area (Å²) < 4.78 is 6.04. The van der Waals surface area contributed by atoms with Crippen molar-refractivity contribution < 1.29 is 9.84 Å². The van der Waals surface area contributed by atoms with E-state index in [9.17, 15) is 5.11 Å². The van der Waals surface area contributed by atoms with Gasteiger partial charge in [-0.05, 0) is 34.4 Å². The molecule has 0 aromatic heterocycles. The molecule has 0 unspecified atom stereocenters.